The van der Waals surface area contributed by atoms with Crippen molar-refractivity contribution in [3.8, 4) is 0 Å². The van der Waals surface area contributed by atoms with Gasteiger partial charge in [-0.25, -0.2) is 4.79 Å². The van der Waals surface area contributed by atoms with Crippen molar-refractivity contribution in [2.45, 2.75) is 26.2 Å². The van der Waals surface area contributed by atoms with E-state index in [4.69, 9.17) is 4.74 Å². The first kappa shape index (κ1) is 14.3. The minimum atomic E-state index is -0.995. The SMILES string of the molecule is C=CCCCOC(=O)CC(=O)C(=O)OCC. The van der Waals surface area contributed by atoms with Crippen LogP contribution in [-0.2, 0) is 23.9 Å². The molecule has 90 valence electrons. The number of carbonyl (C=O) groups is 3. The Balaban J connectivity index is 3.74. The summed E-state index contributed by atoms with van der Waals surface area (Å²) in [5.74, 6) is -2.58. The second-order valence-corrected chi connectivity index (χ2v) is 2.97. The molecule has 0 aliphatic rings. The molecule has 0 N–H and O–H groups in total. The molecule has 0 aliphatic heterocycles. The second-order valence-electron chi connectivity index (χ2n) is 2.97. The van der Waals surface area contributed by atoms with E-state index in [1.54, 1.807) is 13.0 Å². The molecule has 0 fully saturated rings. The molecule has 0 radical (unpaired) electrons. The highest BCUT2D eigenvalue weighted by Gasteiger charge is 2.19. The number of hydrogen-bond donors (Lipinski definition) is 0. The fourth-order valence-corrected chi connectivity index (χ4v) is 0.880. The van der Waals surface area contributed by atoms with Gasteiger partial charge in [-0.2, -0.15) is 0 Å². The number of Topliss-reactive ketones (excluding diaryl/α,β-unsaturated/α-hetero) is 1. The van der Waals surface area contributed by atoms with Gasteiger partial charge in [-0.05, 0) is 19.8 Å². The van der Waals surface area contributed by atoms with E-state index in [1.165, 1.54) is 0 Å². The lowest BCUT2D eigenvalue weighted by Gasteiger charge is -2.03. The second kappa shape index (κ2) is 8.64. The van der Waals surface area contributed by atoms with Crippen LogP contribution in [-0.4, -0.2) is 30.9 Å². The number of unbranched alkanes of at least 4 members (excludes halogenated alkanes) is 1. The molecule has 0 aromatic heterocycles. The predicted molar refractivity (Wildman–Crippen MR) is 56.6 cm³/mol. The molecule has 0 rings (SSSR count). The minimum Gasteiger partial charge on any atom is -0.465 e. The third-order valence-electron chi connectivity index (χ3n) is 1.62. The monoisotopic (exact) mass is 228 g/mol. The number of ketones is 1. The Bertz CT molecular complexity index is 270. The summed E-state index contributed by atoms with van der Waals surface area (Å²) in [6, 6.07) is 0. The fraction of sp³-hybridized carbons (Fsp3) is 0.545. The lowest BCUT2D eigenvalue weighted by Crippen LogP contribution is -2.21. The molecule has 5 heteroatoms. The van der Waals surface area contributed by atoms with Crippen LogP contribution in [0.5, 0.6) is 0 Å². The van der Waals surface area contributed by atoms with E-state index >= 15 is 0 Å². The van der Waals surface area contributed by atoms with Crippen LogP contribution < -0.4 is 0 Å². The Morgan fingerprint density at radius 3 is 2.50 bits per heavy atom. The Kier molecular flexibility index (Phi) is 7.75. The summed E-state index contributed by atoms with van der Waals surface area (Å²) in [5, 5.41) is 0. The minimum absolute atomic E-state index is 0.110. The van der Waals surface area contributed by atoms with Crippen molar-refractivity contribution in [2.24, 2.45) is 0 Å². The van der Waals surface area contributed by atoms with E-state index in [1.807, 2.05) is 0 Å². The number of esters is 2. The maximum atomic E-state index is 11.0. The summed E-state index contributed by atoms with van der Waals surface area (Å²) in [7, 11) is 0. The molecule has 0 atom stereocenters. The van der Waals surface area contributed by atoms with Gasteiger partial charge >= 0.3 is 11.9 Å². The van der Waals surface area contributed by atoms with Crippen LogP contribution in [0.1, 0.15) is 26.2 Å². The number of ether oxygens (including phenoxy) is 2. The fourth-order valence-electron chi connectivity index (χ4n) is 0.880. The van der Waals surface area contributed by atoms with Crippen molar-refractivity contribution in [3.63, 3.8) is 0 Å². The predicted octanol–water partition coefficient (Wildman–Crippen LogP) is 1.02. The Hall–Kier alpha value is -1.65. The van der Waals surface area contributed by atoms with E-state index < -0.39 is 24.1 Å². The molecule has 0 saturated carbocycles. The Morgan fingerprint density at radius 2 is 1.94 bits per heavy atom. The van der Waals surface area contributed by atoms with Crippen LogP contribution in [0.4, 0.5) is 0 Å². The number of hydrogen-bond acceptors (Lipinski definition) is 5. The Morgan fingerprint density at radius 1 is 1.25 bits per heavy atom. The van der Waals surface area contributed by atoms with Gasteiger partial charge in [0.25, 0.3) is 5.78 Å². The first-order chi connectivity index (χ1) is 7.61. The molecule has 0 aliphatic carbocycles. The topological polar surface area (TPSA) is 69.7 Å². The summed E-state index contributed by atoms with van der Waals surface area (Å²) >= 11 is 0. The first-order valence-electron chi connectivity index (χ1n) is 5.08. The molecule has 0 saturated heterocycles. The highest BCUT2D eigenvalue weighted by atomic mass is 16.5. The zero-order chi connectivity index (χ0) is 12.4. The van der Waals surface area contributed by atoms with Gasteiger partial charge in [0, 0.05) is 0 Å². The van der Waals surface area contributed by atoms with E-state index in [-0.39, 0.29) is 13.2 Å². The highest BCUT2D eigenvalue weighted by Crippen LogP contribution is 1.95. The number of rotatable bonds is 8. The maximum absolute atomic E-state index is 11.0. The average Bonchev–Trinajstić information content (AvgIpc) is 2.24. The molecule has 16 heavy (non-hydrogen) atoms. The average molecular weight is 228 g/mol. The molecule has 0 aromatic rings. The molecule has 5 nitrogen and oxygen atoms in total. The molecule has 0 spiro atoms. The summed E-state index contributed by atoms with van der Waals surface area (Å²) < 4.78 is 9.17. The molecular formula is C11H16O5. The number of allylic oxidation sites excluding steroid dienone is 1. The molecule has 0 aromatic carbocycles. The standard InChI is InChI=1S/C11H16O5/c1-3-5-6-7-16-10(13)8-9(12)11(14)15-4-2/h3H,1,4-8H2,2H3. The van der Waals surface area contributed by atoms with E-state index in [0.717, 1.165) is 6.42 Å². The van der Waals surface area contributed by atoms with Gasteiger partial charge in [-0.15, -0.1) is 6.58 Å². The van der Waals surface area contributed by atoms with Crippen molar-refractivity contribution in [1.82, 2.24) is 0 Å². The lowest BCUT2D eigenvalue weighted by atomic mass is 10.3. The van der Waals surface area contributed by atoms with E-state index in [2.05, 4.69) is 11.3 Å². The van der Waals surface area contributed by atoms with Crippen molar-refractivity contribution in [2.75, 3.05) is 13.2 Å². The van der Waals surface area contributed by atoms with Crippen LogP contribution in [0, 0.1) is 0 Å². The van der Waals surface area contributed by atoms with Gasteiger partial charge in [0.05, 0.1) is 13.2 Å². The van der Waals surface area contributed by atoms with Crippen molar-refractivity contribution in [1.29, 1.82) is 0 Å². The zero-order valence-corrected chi connectivity index (χ0v) is 9.36. The summed E-state index contributed by atoms with van der Waals surface area (Å²) in [5.41, 5.74) is 0. The van der Waals surface area contributed by atoms with Crippen molar-refractivity contribution in [3.05, 3.63) is 12.7 Å². The quantitative estimate of drug-likeness (QED) is 0.204. The van der Waals surface area contributed by atoms with Gasteiger partial charge in [-0.3, -0.25) is 9.59 Å². The summed E-state index contributed by atoms with van der Waals surface area (Å²) in [6.45, 7) is 5.43. The lowest BCUT2D eigenvalue weighted by molar-refractivity contribution is -0.157. The van der Waals surface area contributed by atoms with Crippen LogP contribution in [0.25, 0.3) is 0 Å². The van der Waals surface area contributed by atoms with E-state index in [9.17, 15) is 14.4 Å². The third-order valence-corrected chi connectivity index (χ3v) is 1.62. The maximum Gasteiger partial charge on any atom is 0.375 e. The normalized spacial score (nSPS) is 9.31. The van der Waals surface area contributed by atoms with Crippen LogP contribution >= 0.6 is 0 Å². The van der Waals surface area contributed by atoms with Gasteiger partial charge < -0.3 is 9.47 Å². The van der Waals surface area contributed by atoms with Gasteiger partial charge in [-0.1, -0.05) is 6.08 Å². The van der Waals surface area contributed by atoms with Crippen LogP contribution in [0.2, 0.25) is 0 Å². The molecular weight excluding hydrogens is 212 g/mol. The van der Waals surface area contributed by atoms with Crippen molar-refractivity contribution < 1.29 is 23.9 Å². The summed E-state index contributed by atoms with van der Waals surface area (Å²) in [4.78, 5) is 33.0. The first-order valence-corrected chi connectivity index (χ1v) is 5.08. The molecule has 0 bridgehead atoms. The largest absolute Gasteiger partial charge is 0.465 e. The highest BCUT2D eigenvalue weighted by molar-refractivity contribution is 6.36. The smallest absolute Gasteiger partial charge is 0.375 e. The van der Waals surface area contributed by atoms with Gasteiger partial charge in [0.1, 0.15) is 6.42 Å². The van der Waals surface area contributed by atoms with Crippen LogP contribution in [0.15, 0.2) is 12.7 Å². The Labute approximate surface area is 94.4 Å². The van der Waals surface area contributed by atoms with Gasteiger partial charge in [0.2, 0.25) is 0 Å². The zero-order valence-electron chi connectivity index (χ0n) is 9.36. The number of carbonyl (C=O) groups excluding carboxylic acids is 3. The van der Waals surface area contributed by atoms with Crippen LogP contribution in [0.3, 0.4) is 0 Å². The summed E-state index contributed by atoms with van der Waals surface area (Å²) in [6.07, 6.45) is 2.53. The molecule has 0 unspecified atom stereocenters. The van der Waals surface area contributed by atoms with Crippen molar-refractivity contribution >= 4 is 17.7 Å². The third kappa shape index (κ3) is 6.75. The van der Waals surface area contributed by atoms with Gasteiger partial charge in [0.15, 0.2) is 0 Å². The molecule has 0 heterocycles. The molecule has 0 amide bonds. The van der Waals surface area contributed by atoms with E-state index in [0.29, 0.717) is 6.42 Å².